The average Bonchev–Trinajstić information content (AvgIpc) is 2.89. The topological polar surface area (TPSA) is 64.1 Å². The van der Waals surface area contributed by atoms with Gasteiger partial charge in [-0.3, -0.25) is 4.79 Å². The van der Waals surface area contributed by atoms with Crippen molar-refractivity contribution in [2.75, 3.05) is 12.4 Å². The smallest absolute Gasteiger partial charge is 0.286 e. The van der Waals surface area contributed by atoms with Gasteiger partial charge in [0.05, 0.1) is 7.11 Å². The van der Waals surface area contributed by atoms with E-state index in [1.807, 2.05) is 0 Å². The fourth-order valence-corrected chi connectivity index (χ4v) is 2.35. The SMILES string of the molecule is COc1ccc(NC(=O)c2nnc(C(Cl)(Cl)Cl)s2)cc1. The summed E-state index contributed by atoms with van der Waals surface area (Å²) in [4.78, 5) is 11.9. The summed E-state index contributed by atoms with van der Waals surface area (Å²) in [6, 6.07) is 6.85. The van der Waals surface area contributed by atoms with E-state index in [4.69, 9.17) is 39.5 Å². The molecule has 2 aromatic rings. The Morgan fingerprint density at radius 3 is 2.40 bits per heavy atom. The molecular formula is C11H8Cl3N3O2S. The lowest BCUT2D eigenvalue weighted by Gasteiger charge is -2.04. The van der Waals surface area contributed by atoms with Gasteiger partial charge in [-0.1, -0.05) is 46.1 Å². The fourth-order valence-electron chi connectivity index (χ4n) is 1.29. The molecule has 106 valence electrons. The molecule has 9 heteroatoms. The first-order valence-electron chi connectivity index (χ1n) is 5.26. The number of ether oxygens (including phenoxy) is 1. The average molecular weight is 353 g/mol. The zero-order chi connectivity index (χ0) is 14.8. The maximum Gasteiger partial charge on any atom is 0.286 e. The molecule has 0 saturated heterocycles. The molecule has 1 aromatic carbocycles. The number of anilines is 1. The van der Waals surface area contributed by atoms with Gasteiger partial charge in [-0.05, 0) is 24.3 Å². The monoisotopic (exact) mass is 351 g/mol. The van der Waals surface area contributed by atoms with Crippen molar-refractivity contribution in [1.82, 2.24) is 10.2 Å². The Labute approximate surface area is 133 Å². The van der Waals surface area contributed by atoms with E-state index < -0.39 is 9.70 Å². The van der Waals surface area contributed by atoms with Gasteiger partial charge in [-0.2, -0.15) is 0 Å². The van der Waals surface area contributed by atoms with Gasteiger partial charge in [0.2, 0.25) is 8.80 Å². The number of hydrogen-bond acceptors (Lipinski definition) is 5. The van der Waals surface area contributed by atoms with Gasteiger partial charge < -0.3 is 10.1 Å². The molecule has 0 aliphatic rings. The highest BCUT2D eigenvalue weighted by Crippen LogP contribution is 2.39. The van der Waals surface area contributed by atoms with Crippen LogP contribution in [0.1, 0.15) is 14.8 Å². The molecule has 5 nitrogen and oxygen atoms in total. The summed E-state index contributed by atoms with van der Waals surface area (Å²) in [5.41, 5.74) is 0.599. The number of benzene rings is 1. The maximum absolute atomic E-state index is 11.9. The molecule has 1 aromatic heterocycles. The number of amides is 1. The molecule has 0 unspecified atom stereocenters. The highest BCUT2D eigenvalue weighted by Gasteiger charge is 2.29. The molecule has 1 heterocycles. The number of carbonyl (C=O) groups is 1. The van der Waals surface area contributed by atoms with Crippen molar-refractivity contribution < 1.29 is 9.53 Å². The number of nitrogens with one attached hydrogen (secondary N) is 1. The molecule has 20 heavy (non-hydrogen) atoms. The van der Waals surface area contributed by atoms with Crippen molar-refractivity contribution in [3.05, 3.63) is 34.3 Å². The first-order chi connectivity index (χ1) is 9.40. The molecule has 0 saturated carbocycles. The number of hydrogen-bond donors (Lipinski definition) is 1. The number of carbonyl (C=O) groups excluding carboxylic acids is 1. The zero-order valence-electron chi connectivity index (χ0n) is 10.1. The third kappa shape index (κ3) is 3.73. The summed E-state index contributed by atoms with van der Waals surface area (Å²) in [6.45, 7) is 0. The summed E-state index contributed by atoms with van der Waals surface area (Å²) in [6.07, 6.45) is 0. The number of nitrogens with zero attached hydrogens (tertiary/aromatic N) is 2. The van der Waals surface area contributed by atoms with Crippen LogP contribution < -0.4 is 10.1 Å². The largest absolute Gasteiger partial charge is 0.497 e. The summed E-state index contributed by atoms with van der Waals surface area (Å²) in [5, 5.41) is 10.3. The van der Waals surface area contributed by atoms with Gasteiger partial charge in [0.15, 0.2) is 5.01 Å². The first-order valence-corrected chi connectivity index (χ1v) is 7.21. The Hall–Kier alpha value is -1.08. The van der Waals surface area contributed by atoms with Crippen molar-refractivity contribution in [2.24, 2.45) is 0 Å². The molecule has 0 radical (unpaired) electrons. The van der Waals surface area contributed by atoms with Crippen LogP contribution in [-0.4, -0.2) is 23.2 Å². The quantitative estimate of drug-likeness (QED) is 0.857. The van der Waals surface area contributed by atoms with E-state index in [2.05, 4.69) is 15.5 Å². The minimum atomic E-state index is -1.68. The highest BCUT2D eigenvalue weighted by molar-refractivity contribution is 7.14. The molecule has 0 bridgehead atoms. The van der Waals surface area contributed by atoms with Gasteiger partial charge in [0.25, 0.3) is 5.91 Å². The number of rotatable bonds is 3. The predicted octanol–water partition coefficient (Wildman–Crippen LogP) is 3.63. The van der Waals surface area contributed by atoms with Gasteiger partial charge >= 0.3 is 0 Å². The number of halogens is 3. The first kappa shape index (κ1) is 15.3. The highest BCUT2D eigenvalue weighted by atomic mass is 35.6. The minimum Gasteiger partial charge on any atom is -0.497 e. The van der Waals surface area contributed by atoms with E-state index in [0.29, 0.717) is 11.4 Å². The summed E-state index contributed by atoms with van der Waals surface area (Å²) >= 11 is 17.9. The van der Waals surface area contributed by atoms with E-state index in [0.717, 1.165) is 11.3 Å². The molecule has 1 N–H and O–H groups in total. The van der Waals surface area contributed by atoms with Gasteiger partial charge in [0.1, 0.15) is 5.75 Å². The second-order valence-electron chi connectivity index (χ2n) is 3.59. The van der Waals surface area contributed by atoms with E-state index in [9.17, 15) is 4.79 Å². The Morgan fingerprint density at radius 2 is 1.90 bits per heavy atom. The van der Waals surface area contributed by atoms with Crippen LogP contribution in [0, 0.1) is 0 Å². The van der Waals surface area contributed by atoms with Crippen LogP contribution in [0.4, 0.5) is 5.69 Å². The molecule has 0 aliphatic heterocycles. The Balaban J connectivity index is 2.09. The van der Waals surface area contributed by atoms with Crippen LogP contribution in [0.5, 0.6) is 5.75 Å². The van der Waals surface area contributed by atoms with E-state index in [1.54, 1.807) is 31.4 Å². The lowest BCUT2D eigenvalue weighted by molar-refractivity contribution is 0.102. The van der Waals surface area contributed by atoms with Crippen molar-refractivity contribution in [3.8, 4) is 5.75 Å². The normalized spacial score (nSPS) is 11.2. The lowest BCUT2D eigenvalue weighted by atomic mass is 10.3. The molecule has 2 rings (SSSR count). The number of alkyl halides is 3. The van der Waals surface area contributed by atoms with Crippen LogP contribution in [0.25, 0.3) is 0 Å². The number of aromatic nitrogens is 2. The number of methoxy groups -OCH3 is 1. The van der Waals surface area contributed by atoms with Gasteiger partial charge in [0, 0.05) is 5.69 Å². The summed E-state index contributed by atoms with van der Waals surface area (Å²) in [7, 11) is 1.56. The molecule has 0 spiro atoms. The van der Waals surface area contributed by atoms with Gasteiger partial charge in [-0.25, -0.2) is 0 Å². The van der Waals surface area contributed by atoms with Crippen LogP contribution in [-0.2, 0) is 3.79 Å². The molecule has 0 aliphatic carbocycles. The molecule has 1 amide bonds. The van der Waals surface area contributed by atoms with E-state index in [-0.39, 0.29) is 10.0 Å². The van der Waals surface area contributed by atoms with Crippen molar-refractivity contribution >= 4 is 57.7 Å². The molecule has 0 atom stereocenters. The van der Waals surface area contributed by atoms with Crippen molar-refractivity contribution in [3.63, 3.8) is 0 Å². The van der Waals surface area contributed by atoms with Crippen LogP contribution in [0.3, 0.4) is 0 Å². The Kier molecular flexibility index (Phi) is 4.70. The van der Waals surface area contributed by atoms with E-state index in [1.165, 1.54) is 0 Å². The predicted molar refractivity (Wildman–Crippen MR) is 80.1 cm³/mol. The van der Waals surface area contributed by atoms with E-state index >= 15 is 0 Å². The molecular weight excluding hydrogens is 345 g/mol. The Morgan fingerprint density at radius 1 is 1.25 bits per heavy atom. The lowest BCUT2D eigenvalue weighted by Crippen LogP contribution is -2.11. The standard InChI is InChI=1S/C11H8Cl3N3O2S/c1-19-7-4-2-6(3-5-7)15-8(18)9-16-17-10(20-9)11(12,13)14/h2-5H,1H3,(H,15,18). The van der Waals surface area contributed by atoms with Gasteiger partial charge in [-0.15, -0.1) is 10.2 Å². The van der Waals surface area contributed by atoms with Crippen molar-refractivity contribution in [1.29, 1.82) is 0 Å². The Bertz CT molecular complexity index is 610. The molecule has 0 fully saturated rings. The second kappa shape index (κ2) is 6.13. The minimum absolute atomic E-state index is 0.113. The second-order valence-corrected chi connectivity index (χ2v) is 6.85. The van der Waals surface area contributed by atoms with Crippen molar-refractivity contribution in [2.45, 2.75) is 3.79 Å². The summed E-state index contributed by atoms with van der Waals surface area (Å²) < 4.78 is 3.34. The third-order valence-corrected chi connectivity index (χ3v) is 4.12. The zero-order valence-corrected chi connectivity index (χ0v) is 13.1. The van der Waals surface area contributed by atoms with Crippen LogP contribution in [0.15, 0.2) is 24.3 Å². The summed E-state index contributed by atoms with van der Waals surface area (Å²) in [5.74, 6) is 0.269. The third-order valence-electron chi connectivity index (χ3n) is 2.21. The fraction of sp³-hybridized carbons (Fsp3) is 0.182. The van der Waals surface area contributed by atoms with Crippen LogP contribution in [0.2, 0.25) is 0 Å². The maximum atomic E-state index is 11.9. The van der Waals surface area contributed by atoms with Crippen LogP contribution >= 0.6 is 46.1 Å².